The number of hydrogen-bond acceptors (Lipinski definition) is 0. The maximum Gasteiger partial charge on any atom is -0.0157 e. The lowest BCUT2D eigenvalue weighted by molar-refractivity contribution is 0.343. The summed E-state index contributed by atoms with van der Waals surface area (Å²) in [6.45, 7) is 4.64. The Hall–Kier alpha value is -0.780. The number of benzene rings is 1. The molecule has 1 aliphatic carbocycles. The summed E-state index contributed by atoms with van der Waals surface area (Å²) in [4.78, 5) is 0. The van der Waals surface area contributed by atoms with E-state index in [9.17, 15) is 0 Å². The van der Waals surface area contributed by atoms with Crippen molar-refractivity contribution >= 4 is 0 Å². The van der Waals surface area contributed by atoms with Gasteiger partial charge in [0.15, 0.2) is 0 Å². The summed E-state index contributed by atoms with van der Waals surface area (Å²) in [5, 5.41) is 0. The molecular weight excluding hydrogens is 168 g/mol. The van der Waals surface area contributed by atoms with Crippen LogP contribution in [0.4, 0.5) is 0 Å². The fourth-order valence-electron chi connectivity index (χ4n) is 2.76. The molecule has 2 rings (SSSR count). The lowest BCUT2D eigenvalue weighted by atomic mass is 9.78. The lowest BCUT2D eigenvalue weighted by Crippen LogP contribution is -2.12. The Labute approximate surface area is 87.3 Å². The van der Waals surface area contributed by atoms with Gasteiger partial charge in [0.05, 0.1) is 0 Å². The molecule has 0 radical (unpaired) electrons. The first-order chi connectivity index (χ1) is 6.77. The predicted octanol–water partition coefficient (Wildman–Crippen LogP) is 4.29. The standard InChI is InChI=1S/C14H20/c1-11-6-5-8-13(10-11)14-9-4-3-7-12(14)2/h3-4,7,9,11,13H,5-6,8,10H2,1-2H3/t11-,13+/m1/s1. The third-order valence-electron chi connectivity index (χ3n) is 3.56. The van der Waals surface area contributed by atoms with Gasteiger partial charge in [-0.1, -0.05) is 44.0 Å². The molecule has 0 amide bonds. The molecule has 1 saturated carbocycles. The normalized spacial score (nSPS) is 27.6. The first-order valence-electron chi connectivity index (χ1n) is 5.83. The molecule has 0 aliphatic heterocycles. The van der Waals surface area contributed by atoms with Gasteiger partial charge in [-0.15, -0.1) is 0 Å². The van der Waals surface area contributed by atoms with Gasteiger partial charge in [0.1, 0.15) is 0 Å². The number of aryl methyl sites for hydroxylation is 1. The highest BCUT2D eigenvalue weighted by molar-refractivity contribution is 5.29. The van der Waals surface area contributed by atoms with Crippen LogP contribution < -0.4 is 0 Å². The van der Waals surface area contributed by atoms with Crippen molar-refractivity contribution in [3.05, 3.63) is 35.4 Å². The zero-order chi connectivity index (χ0) is 9.97. The zero-order valence-corrected chi connectivity index (χ0v) is 9.29. The summed E-state index contributed by atoms with van der Waals surface area (Å²) in [6, 6.07) is 8.89. The summed E-state index contributed by atoms with van der Waals surface area (Å²) >= 11 is 0. The van der Waals surface area contributed by atoms with Gasteiger partial charge in [-0.05, 0) is 42.7 Å². The summed E-state index contributed by atoms with van der Waals surface area (Å²) in [7, 11) is 0. The molecule has 0 aromatic heterocycles. The summed E-state index contributed by atoms with van der Waals surface area (Å²) in [5.41, 5.74) is 3.07. The Balaban J connectivity index is 2.18. The van der Waals surface area contributed by atoms with Crippen molar-refractivity contribution in [2.24, 2.45) is 5.92 Å². The van der Waals surface area contributed by atoms with Crippen LogP contribution in [0, 0.1) is 12.8 Å². The van der Waals surface area contributed by atoms with Crippen LogP contribution in [0.1, 0.15) is 49.7 Å². The molecule has 0 heteroatoms. The second-order valence-corrected chi connectivity index (χ2v) is 4.83. The molecule has 0 spiro atoms. The third-order valence-corrected chi connectivity index (χ3v) is 3.56. The molecule has 0 nitrogen and oxygen atoms in total. The van der Waals surface area contributed by atoms with Crippen LogP contribution in [0.25, 0.3) is 0 Å². The smallest absolute Gasteiger partial charge is 0.0157 e. The Morgan fingerprint density at radius 1 is 1.14 bits per heavy atom. The molecule has 14 heavy (non-hydrogen) atoms. The Bertz CT molecular complexity index is 301. The molecule has 0 bridgehead atoms. The van der Waals surface area contributed by atoms with Gasteiger partial charge < -0.3 is 0 Å². The maximum absolute atomic E-state index is 2.39. The van der Waals surface area contributed by atoms with Crippen LogP contribution in [0.5, 0.6) is 0 Å². The predicted molar refractivity (Wildman–Crippen MR) is 61.6 cm³/mol. The molecule has 1 aromatic rings. The van der Waals surface area contributed by atoms with E-state index in [0.717, 1.165) is 11.8 Å². The van der Waals surface area contributed by atoms with E-state index < -0.39 is 0 Å². The van der Waals surface area contributed by atoms with Gasteiger partial charge in [0.25, 0.3) is 0 Å². The maximum atomic E-state index is 2.39. The minimum Gasteiger partial charge on any atom is -0.0625 e. The molecular formula is C14H20. The molecule has 1 fully saturated rings. The largest absolute Gasteiger partial charge is 0.0625 e. The van der Waals surface area contributed by atoms with Gasteiger partial charge in [-0.2, -0.15) is 0 Å². The van der Waals surface area contributed by atoms with E-state index in [-0.39, 0.29) is 0 Å². The molecule has 76 valence electrons. The average molecular weight is 188 g/mol. The van der Waals surface area contributed by atoms with Crippen molar-refractivity contribution in [2.45, 2.75) is 45.4 Å². The molecule has 0 N–H and O–H groups in total. The van der Waals surface area contributed by atoms with Crippen LogP contribution in [0.15, 0.2) is 24.3 Å². The van der Waals surface area contributed by atoms with Crippen molar-refractivity contribution in [1.29, 1.82) is 0 Å². The summed E-state index contributed by atoms with van der Waals surface area (Å²) < 4.78 is 0. The van der Waals surface area contributed by atoms with E-state index in [1.54, 1.807) is 5.56 Å². The Kier molecular flexibility index (Phi) is 2.90. The SMILES string of the molecule is Cc1ccccc1[C@H]1CCC[C@@H](C)C1. The van der Waals surface area contributed by atoms with Crippen LogP contribution in [-0.2, 0) is 0 Å². The summed E-state index contributed by atoms with van der Waals surface area (Å²) in [5.74, 6) is 1.76. The van der Waals surface area contributed by atoms with E-state index in [1.165, 1.54) is 31.2 Å². The van der Waals surface area contributed by atoms with Crippen molar-refractivity contribution < 1.29 is 0 Å². The van der Waals surface area contributed by atoms with Gasteiger partial charge in [-0.3, -0.25) is 0 Å². The second kappa shape index (κ2) is 4.16. The van der Waals surface area contributed by atoms with Crippen molar-refractivity contribution in [3.8, 4) is 0 Å². The lowest BCUT2D eigenvalue weighted by Gasteiger charge is -2.28. The quantitative estimate of drug-likeness (QED) is 0.616. The minimum atomic E-state index is 0.833. The Morgan fingerprint density at radius 2 is 1.93 bits per heavy atom. The summed E-state index contributed by atoms with van der Waals surface area (Å²) in [6.07, 6.45) is 5.64. The van der Waals surface area contributed by atoms with Crippen molar-refractivity contribution in [1.82, 2.24) is 0 Å². The van der Waals surface area contributed by atoms with Crippen LogP contribution in [0.2, 0.25) is 0 Å². The van der Waals surface area contributed by atoms with Crippen LogP contribution in [-0.4, -0.2) is 0 Å². The molecule has 1 aliphatic rings. The average Bonchev–Trinajstić information content (AvgIpc) is 2.18. The van der Waals surface area contributed by atoms with Gasteiger partial charge >= 0.3 is 0 Å². The fraction of sp³-hybridized carbons (Fsp3) is 0.571. The second-order valence-electron chi connectivity index (χ2n) is 4.83. The fourth-order valence-corrected chi connectivity index (χ4v) is 2.76. The molecule has 0 saturated heterocycles. The van der Waals surface area contributed by atoms with Crippen molar-refractivity contribution in [2.75, 3.05) is 0 Å². The molecule has 0 heterocycles. The number of hydrogen-bond donors (Lipinski definition) is 0. The highest BCUT2D eigenvalue weighted by Gasteiger charge is 2.20. The number of rotatable bonds is 1. The van der Waals surface area contributed by atoms with Crippen LogP contribution in [0.3, 0.4) is 0 Å². The van der Waals surface area contributed by atoms with E-state index >= 15 is 0 Å². The molecule has 0 unspecified atom stereocenters. The Morgan fingerprint density at radius 3 is 2.64 bits per heavy atom. The molecule has 1 aromatic carbocycles. The third kappa shape index (κ3) is 2.00. The van der Waals surface area contributed by atoms with E-state index in [4.69, 9.17) is 0 Å². The van der Waals surface area contributed by atoms with Crippen molar-refractivity contribution in [3.63, 3.8) is 0 Å². The minimum absolute atomic E-state index is 0.833. The molecule has 2 atom stereocenters. The highest BCUT2D eigenvalue weighted by atomic mass is 14.3. The van der Waals surface area contributed by atoms with E-state index in [0.29, 0.717) is 0 Å². The first-order valence-corrected chi connectivity index (χ1v) is 5.83. The van der Waals surface area contributed by atoms with Gasteiger partial charge in [0.2, 0.25) is 0 Å². The van der Waals surface area contributed by atoms with E-state index in [2.05, 4.69) is 38.1 Å². The van der Waals surface area contributed by atoms with Gasteiger partial charge in [0, 0.05) is 0 Å². The monoisotopic (exact) mass is 188 g/mol. The topological polar surface area (TPSA) is 0 Å². The van der Waals surface area contributed by atoms with Gasteiger partial charge in [-0.25, -0.2) is 0 Å². The zero-order valence-electron chi connectivity index (χ0n) is 9.29. The first kappa shape index (κ1) is 9.76. The highest BCUT2D eigenvalue weighted by Crippen LogP contribution is 2.36. The van der Waals surface area contributed by atoms with E-state index in [1.807, 2.05) is 0 Å². The van der Waals surface area contributed by atoms with Crippen LogP contribution >= 0.6 is 0 Å².